The van der Waals surface area contributed by atoms with Crippen molar-refractivity contribution in [1.29, 1.82) is 0 Å². The van der Waals surface area contributed by atoms with Crippen LogP contribution in [0.3, 0.4) is 0 Å². The molecule has 1 heterocycles. The fraction of sp³-hybridized carbons (Fsp3) is 0.545. The average Bonchev–Trinajstić information content (AvgIpc) is 2.69. The highest BCUT2D eigenvalue weighted by molar-refractivity contribution is 7.09. The van der Waals surface area contributed by atoms with E-state index in [0.29, 0.717) is 6.54 Å². The second-order valence-corrected chi connectivity index (χ2v) is 4.61. The Morgan fingerprint density at radius 3 is 2.93 bits per heavy atom. The molecule has 0 radical (unpaired) electrons. The Hall–Kier alpha value is -1.03. The van der Waals surface area contributed by atoms with Gasteiger partial charge in [-0.05, 0) is 25.3 Å². The Morgan fingerprint density at radius 2 is 2.40 bits per heavy atom. The molecule has 0 bridgehead atoms. The summed E-state index contributed by atoms with van der Waals surface area (Å²) < 4.78 is 0. The molecule has 4 heteroatoms. The van der Waals surface area contributed by atoms with Crippen molar-refractivity contribution in [2.24, 2.45) is 0 Å². The van der Waals surface area contributed by atoms with Gasteiger partial charge in [-0.3, -0.25) is 0 Å². The maximum Gasteiger partial charge on any atom is 0.317 e. The van der Waals surface area contributed by atoms with Crippen molar-refractivity contribution in [3.05, 3.63) is 22.4 Å². The lowest BCUT2D eigenvalue weighted by Gasteiger charge is -2.24. The van der Waals surface area contributed by atoms with Gasteiger partial charge in [0.2, 0.25) is 0 Å². The lowest BCUT2D eigenvalue weighted by Crippen LogP contribution is -2.43. The summed E-state index contributed by atoms with van der Waals surface area (Å²) in [4.78, 5) is 14.6. The van der Waals surface area contributed by atoms with Crippen molar-refractivity contribution >= 4 is 17.4 Å². The molecule has 84 valence electrons. The lowest BCUT2D eigenvalue weighted by molar-refractivity contribution is 0.194. The normalized spacial score (nSPS) is 12.2. The predicted molar refractivity (Wildman–Crippen MR) is 64.3 cm³/mol. The molecule has 0 aliphatic heterocycles. The number of urea groups is 1. The van der Waals surface area contributed by atoms with Crippen LogP contribution in [0.15, 0.2) is 17.5 Å². The van der Waals surface area contributed by atoms with Crippen LogP contribution in [0.1, 0.15) is 18.7 Å². The highest BCUT2D eigenvalue weighted by atomic mass is 32.1. The van der Waals surface area contributed by atoms with Gasteiger partial charge in [-0.25, -0.2) is 4.79 Å². The molecular formula is C11H18N2OS. The van der Waals surface area contributed by atoms with Gasteiger partial charge in [0.1, 0.15) is 0 Å². The third-order valence-corrected chi connectivity index (χ3v) is 3.28. The summed E-state index contributed by atoms with van der Waals surface area (Å²) in [5.41, 5.74) is 0. The van der Waals surface area contributed by atoms with E-state index in [2.05, 4.69) is 23.7 Å². The van der Waals surface area contributed by atoms with Gasteiger partial charge in [-0.1, -0.05) is 6.07 Å². The van der Waals surface area contributed by atoms with Crippen LogP contribution in [0.2, 0.25) is 0 Å². The Balaban J connectivity index is 2.46. The molecule has 15 heavy (non-hydrogen) atoms. The molecule has 0 aliphatic carbocycles. The van der Waals surface area contributed by atoms with Gasteiger partial charge in [0, 0.05) is 30.9 Å². The second-order valence-electron chi connectivity index (χ2n) is 3.58. The summed E-state index contributed by atoms with van der Waals surface area (Å²) in [5.74, 6) is 0. The number of likely N-dealkylation sites (N-methyl/N-ethyl adjacent to an activating group) is 1. The summed E-state index contributed by atoms with van der Waals surface area (Å²) in [6.45, 7) is 4.67. The molecule has 0 aliphatic rings. The van der Waals surface area contributed by atoms with E-state index in [-0.39, 0.29) is 12.1 Å². The largest absolute Gasteiger partial charge is 0.338 e. The summed E-state index contributed by atoms with van der Waals surface area (Å²) >= 11 is 1.74. The van der Waals surface area contributed by atoms with Gasteiger partial charge in [0.25, 0.3) is 0 Å². The standard InChI is InChI=1S/C11H18N2OS/c1-4-12-11(14)13(3)9(2)8-10-6-5-7-15-10/h5-7,9H,4,8H2,1-3H3,(H,12,14). The molecule has 3 nitrogen and oxygen atoms in total. The SMILES string of the molecule is CCNC(=O)N(C)C(C)Cc1cccs1. The topological polar surface area (TPSA) is 32.3 Å². The van der Waals surface area contributed by atoms with Crippen LogP contribution in [0.25, 0.3) is 0 Å². The number of hydrogen-bond donors (Lipinski definition) is 1. The van der Waals surface area contributed by atoms with Crippen LogP contribution in [0.5, 0.6) is 0 Å². The number of carbonyl (C=O) groups is 1. The van der Waals surface area contributed by atoms with Crippen molar-refractivity contribution in [2.45, 2.75) is 26.3 Å². The zero-order chi connectivity index (χ0) is 11.3. The number of nitrogens with one attached hydrogen (secondary N) is 1. The van der Waals surface area contributed by atoms with Gasteiger partial charge in [-0.15, -0.1) is 11.3 Å². The first-order valence-corrected chi connectivity index (χ1v) is 6.06. The highest BCUT2D eigenvalue weighted by Gasteiger charge is 2.15. The molecule has 2 amide bonds. The van der Waals surface area contributed by atoms with E-state index in [4.69, 9.17) is 0 Å². The molecule has 0 spiro atoms. The Bertz CT molecular complexity index is 298. The molecule has 0 saturated heterocycles. The van der Waals surface area contributed by atoms with Crippen LogP contribution in [0, 0.1) is 0 Å². The Labute approximate surface area is 95.1 Å². The van der Waals surface area contributed by atoms with Crippen LogP contribution in [-0.4, -0.2) is 30.6 Å². The van der Waals surface area contributed by atoms with Gasteiger partial charge in [0.15, 0.2) is 0 Å². The van der Waals surface area contributed by atoms with Crippen LogP contribution >= 0.6 is 11.3 Å². The predicted octanol–water partition coefficient (Wildman–Crippen LogP) is 2.34. The molecule has 1 aromatic heterocycles. The molecule has 1 aromatic rings. The van der Waals surface area contributed by atoms with E-state index >= 15 is 0 Å². The molecule has 0 saturated carbocycles. The average molecular weight is 226 g/mol. The van der Waals surface area contributed by atoms with Crippen molar-refractivity contribution in [1.82, 2.24) is 10.2 Å². The van der Waals surface area contributed by atoms with Crippen molar-refractivity contribution in [3.8, 4) is 0 Å². The minimum absolute atomic E-state index is 0.00144. The number of thiophene rings is 1. The number of amides is 2. The lowest BCUT2D eigenvalue weighted by atomic mass is 10.2. The Kier molecular flexibility index (Phi) is 4.62. The molecule has 1 rings (SSSR count). The summed E-state index contributed by atoms with van der Waals surface area (Å²) in [7, 11) is 1.84. The zero-order valence-electron chi connectivity index (χ0n) is 9.49. The molecular weight excluding hydrogens is 208 g/mol. The second kappa shape index (κ2) is 5.75. The van der Waals surface area contributed by atoms with E-state index < -0.39 is 0 Å². The van der Waals surface area contributed by atoms with Gasteiger partial charge >= 0.3 is 6.03 Å². The molecule has 1 N–H and O–H groups in total. The van der Waals surface area contributed by atoms with E-state index in [1.54, 1.807) is 16.2 Å². The van der Waals surface area contributed by atoms with Crippen molar-refractivity contribution in [2.75, 3.05) is 13.6 Å². The molecule has 0 aromatic carbocycles. The fourth-order valence-corrected chi connectivity index (χ4v) is 2.16. The van der Waals surface area contributed by atoms with Crippen LogP contribution in [-0.2, 0) is 6.42 Å². The summed E-state index contributed by atoms with van der Waals surface area (Å²) in [6.07, 6.45) is 0.922. The summed E-state index contributed by atoms with van der Waals surface area (Å²) in [5, 5.41) is 4.86. The van der Waals surface area contributed by atoms with Crippen LogP contribution in [0.4, 0.5) is 4.79 Å². The molecule has 1 atom stereocenters. The van der Waals surface area contributed by atoms with Gasteiger partial charge in [-0.2, -0.15) is 0 Å². The third-order valence-electron chi connectivity index (χ3n) is 2.39. The minimum atomic E-state index is 0.00144. The first-order valence-electron chi connectivity index (χ1n) is 5.18. The quantitative estimate of drug-likeness (QED) is 0.839. The fourth-order valence-electron chi connectivity index (χ4n) is 1.33. The minimum Gasteiger partial charge on any atom is -0.338 e. The van der Waals surface area contributed by atoms with Crippen molar-refractivity contribution in [3.63, 3.8) is 0 Å². The van der Waals surface area contributed by atoms with Crippen molar-refractivity contribution < 1.29 is 4.79 Å². The number of carbonyl (C=O) groups excluding carboxylic acids is 1. The maximum atomic E-state index is 11.5. The number of hydrogen-bond acceptors (Lipinski definition) is 2. The Morgan fingerprint density at radius 1 is 1.67 bits per heavy atom. The first kappa shape index (κ1) is 12.0. The third kappa shape index (κ3) is 3.55. The van der Waals surface area contributed by atoms with Gasteiger partial charge < -0.3 is 10.2 Å². The number of rotatable bonds is 4. The maximum absolute atomic E-state index is 11.5. The van der Waals surface area contributed by atoms with Crippen LogP contribution < -0.4 is 5.32 Å². The smallest absolute Gasteiger partial charge is 0.317 e. The highest BCUT2D eigenvalue weighted by Crippen LogP contribution is 2.13. The monoisotopic (exact) mass is 226 g/mol. The molecule has 1 unspecified atom stereocenters. The van der Waals surface area contributed by atoms with Gasteiger partial charge in [0.05, 0.1) is 0 Å². The van der Waals surface area contributed by atoms with E-state index in [9.17, 15) is 4.79 Å². The van der Waals surface area contributed by atoms with E-state index in [0.717, 1.165) is 6.42 Å². The zero-order valence-corrected chi connectivity index (χ0v) is 10.3. The summed E-state index contributed by atoms with van der Waals surface area (Å²) in [6, 6.07) is 4.38. The molecule has 0 fully saturated rings. The number of nitrogens with zero attached hydrogens (tertiary/aromatic N) is 1. The first-order chi connectivity index (χ1) is 7.15. The van der Waals surface area contributed by atoms with E-state index in [1.165, 1.54) is 4.88 Å². The van der Waals surface area contributed by atoms with E-state index in [1.807, 2.05) is 20.0 Å².